The van der Waals surface area contributed by atoms with Gasteiger partial charge in [0.25, 0.3) is 6.43 Å². The summed E-state index contributed by atoms with van der Waals surface area (Å²) in [5, 5.41) is 0. The van der Waals surface area contributed by atoms with E-state index in [2.05, 4.69) is 0 Å². The van der Waals surface area contributed by atoms with E-state index < -0.39 is 18.3 Å². The smallest absolute Gasteiger partial charge is 0.266 e. The molecule has 1 aliphatic rings. The second kappa shape index (κ2) is 2.43. The van der Waals surface area contributed by atoms with Crippen LogP contribution >= 0.6 is 0 Å². The Morgan fingerprint density at radius 1 is 1.50 bits per heavy atom. The number of hydrogen-bond donors (Lipinski definition) is 0. The van der Waals surface area contributed by atoms with Crippen molar-refractivity contribution in [1.82, 2.24) is 0 Å². The van der Waals surface area contributed by atoms with Crippen LogP contribution in [0.2, 0.25) is 0 Å². The first-order valence-corrected chi connectivity index (χ1v) is 3.11. The Labute approximate surface area is 58.1 Å². The number of alkyl halides is 2. The van der Waals surface area contributed by atoms with E-state index in [1.807, 2.05) is 0 Å². The normalized spacial score (nSPS) is 31.5. The van der Waals surface area contributed by atoms with Crippen molar-refractivity contribution in [2.24, 2.45) is 0 Å². The van der Waals surface area contributed by atoms with Gasteiger partial charge in [-0.1, -0.05) is 0 Å². The summed E-state index contributed by atoms with van der Waals surface area (Å²) in [5.41, 5.74) is 0. The van der Waals surface area contributed by atoms with E-state index in [-0.39, 0.29) is 6.61 Å². The lowest BCUT2D eigenvalue weighted by Crippen LogP contribution is -2.25. The fourth-order valence-corrected chi connectivity index (χ4v) is 0.840. The molecule has 1 saturated heterocycles. The van der Waals surface area contributed by atoms with E-state index in [4.69, 9.17) is 9.47 Å². The molecule has 0 aromatic rings. The lowest BCUT2D eigenvalue weighted by Gasteiger charge is -2.16. The number of rotatable bonds is 1. The van der Waals surface area contributed by atoms with Gasteiger partial charge in [0.15, 0.2) is 5.79 Å². The second-order valence-corrected chi connectivity index (χ2v) is 2.70. The Hall–Kier alpha value is -0.220. The molecule has 0 bridgehead atoms. The number of hydrogen-bond acceptors (Lipinski definition) is 2. The number of halogens is 2. The molecule has 10 heavy (non-hydrogen) atoms. The quantitative estimate of drug-likeness (QED) is 0.565. The first-order chi connectivity index (χ1) is 4.51. The van der Waals surface area contributed by atoms with E-state index in [1.54, 1.807) is 13.8 Å². The van der Waals surface area contributed by atoms with Gasteiger partial charge in [0.1, 0.15) is 6.10 Å². The van der Waals surface area contributed by atoms with E-state index >= 15 is 0 Å². The summed E-state index contributed by atoms with van der Waals surface area (Å²) >= 11 is 0. The van der Waals surface area contributed by atoms with Crippen LogP contribution in [0.5, 0.6) is 0 Å². The second-order valence-electron chi connectivity index (χ2n) is 2.70. The molecule has 0 N–H and O–H groups in total. The van der Waals surface area contributed by atoms with Crippen LogP contribution in [0.4, 0.5) is 8.78 Å². The molecule has 0 aromatic heterocycles. The van der Waals surface area contributed by atoms with Crippen molar-refractivity contribution in [3.63, 3.8) is 0 Å². The highest BCUT2D eigenvalue weighted by Gasteiger charge is 2.37. The van der Waals surface area contributed by atoms with Crippen LogP contribution in [0.25, 0.3) is 0 Å². The zero-order chi connectivity index (χ0) is 7.78. The highest BCUT2D eigenvalue weighted by Crippen LogP contribution is 2.25. The van der Waals surface area contributed by atoms with Gasteiger partial charge in [-0.25, -0.2) is 8.78 Å². The van der Waals surface area contributed by atoms with Crippen LogP contribution in [0, 0.1) is 0 Å². The summed E-state index contributed by atoms with van der Waals surface area (Å²) in [6, 6.07) is 0. The first-order valence-electron chi connectivity index (χ1n) is 3.11. The Balaban J connectivity index is 2.43. The van der Waals surface area contributed by atoms with Gasteiger partial charge in [0.05, 0.1) is 6.61 Å². The summed E-state index contributed by atoms with van der Waals surface area (Å²) in [6.07, 6.45) is -3.49. The van der Waals surface area contributed by atoms with Crippen molar-refractivity contribution in [3.8, 4) is 0 Å². The lowest BCUT2D eigenvalue weighted by molar-refractivity contribution is -0.154. The van der Waals surface area contributed by atoms with Gasteiger partial charge < -0.3 is 9.47 Å². The molecule has 2 nitrogen and oxygen atoms in total. The van der Waals surface area contributed by atoms with Crippen LogP contribution in [0.3, 0.4) is 0 Å². The minimum absolute atomic E-state index is 0.00926. The largest absolute Gasteiger partial charge is 0.348 e. The predicted molar refractivity (Wildman–Crippen MR) is 30.9 cm³/mol. The highest BCUT2D eigenvalue weighted by molar-refractivity contribution is 4.72. The minimum atomic E-state index is -2.44. The molecule has 0 unspecified atom stereocenters. The van der Waals surface area contributed by atoms with E-state index in [1.165, 1.54) is 0 Å². The maximum Gasteiger partial charge on any atom is 0.266 e. The van der Waals surface area contributed by atoms with Crippen molar-refractivity contribution in [2.45, 2.75) is 32.2 Å². The maximum atomic E-state index is 11.9. The summed E-state index contributed by atoms with van der Waals surface area (Å²) in [4.78, 5) is 0. The topological polar surface area (TPSA) is 18.5 Å². The first kappa shape index (κ1) is 7.88. The minimum Gasteiger partial charge on any atom is -0.348 e. The van der Waals surface area contributed by atoms with Gasteiger partial charge in [-0.15, -0.1) is 0 Å². The summed E-state index contributed by atoms with van der Waals surface area (Å²) in [5.74, 6) is -0.832. The molecule has 1 aliphatic heterocycles. The third-order valence-electron chi connectivity index (χ3n) is 1.31. The summed E-state index contributed by atoms with van der Waals surface area (Å²) in [6.45, 7) is 3.23. The Kier molecular flexibility index (Phi) is 1.92. The fourth-order valence-electron chi connectivity index (χ4n) is 0.840. The molecule has 1 atom stereocenters. The van der Waals surface area contributed by atoms with Gasteiger partial charge in [-0.3, -0.25) is 0 Å². The van der Waals surface area contributed by atoms with Crippen molar-refractivity contribution in [1.29, 1.82) is 0 Å². The molecule has 1 rings (SSSR count). The van der Waals surface area contributed by atoms with Gasteiger partial charge in [-0.05, 0) is 13.8 Å². The molecule has 0 aliphatic carbocycles. The average Bonchev–Trinajstić information content (AvgIpc) is 2.10. The average molecular weight is 152 g/mol. The molecular formula is C6H10F2O2. The third-order valence-corrected chi connectivity index (χ3v) is 1.31. The van der Waals surface area contributed by atoms with Gasteiger partial charge >= 0.3 is 0 Å². The Morgan fingerprint density at radius 3 is 2.30 bits per heavy atom. The molecule has 0 aromatic carbocycles. The standard InChI is InChI=1S/C6H10F2O2/c1-6(2)9-3-4(10-6)5(7)8/h4-5H,3H2,1-2H3/t4-/m1/s1. The molecule has 0 spiro atoms. The Morgan fingerprint density at radius 2 is 2.10 bits per heavy atom. The molecule has 4 heteroatoms. The van der Waals surface area contributed by atoms with E-state index in [0.29, 0.717) is 0 Å². The molecular weight excluding hydrogens is 142 g/mol. The molecule has 1 heterocycles. The van der Waals surface area contributed by atoms with Crippen LogP contribution in [-0.4, -0.2) is 24.9 Å². The van der Waals surface area contributed by atoms with Crippen molar-refractivity contribution >= 4 is 0 Å². The molecule has 0 saturated carbocycles. The zero-order valence-electron chi connectivity index (χ0n) is 5.93. The van der Waals surface area contributed by atoms with Crippen molar-refractivity contribution < 1.29 is 18.3 Å². The summed E-state index contributed by atoms with van der Waals surface area (Å²) < 4.78 is 33.5. The van der Waals surface area contributed by atoms with Crippen LogP contribution in [-0.2, 0) is 9.47 Å². The molecule has 0 amide bonds. The van der Waals surface area contributed by atoms with Gasteiger partial charge in [0, 0.05) is 0 Å². The third kappa shape index (κ3) is 1.64. The van der Waals surface area contributed by atoms with E-state index in [0.717, 1.165) is 0 Å². The molecule has 60 valence electrons. The Bertz CT molecular complexity index is 125. The van der Waals surface area contributed by atoms with Crippen LogP contribution in [0.15, 0.2) is 0 Å². The lowest BCUT2D eigenvalue weighted by atomic mass is 10.4. The summed E-state index contributed by atoms with van der Waals surface area (Å²) in [7, 11) is 0. The van der Waals surface area contributed by atoms with Crippen molar-refractivity contribution in [2.75, 3.05) is 6.61 Å². The highest BCUT2D eigenvalue weighted by atomic mass is 19.3. The van der Waals surface area contributed by atoms with Gasteiger partial charge in [-0.2, -0.15) is 0 Å². The maximum absolute atomic E-state index is 11.9. The predicted octanol–water partition coefficient (Wildman–Crippen LogP) is 1.40. The molecule has 0 radical (unpaired) electrons. The van der Waals surface area contributed by atoms with Gasteiger partial charge in [0.2, 0.25) is 0 Å². The van der Waals surface area contributed by atoms with E-state index in [9.17, 15) is 8.78 Å². The SMILES string of the molecule is CC1(C)OC[C@H](C(F)F)O1. The van der Waals surface area contributed by atoms with Crippen molar-refractivity contribution in [3.05, 3.63) is 0 Å². The monoisotopic (exact) mass is 152 g/mol. The van der Waals surface area contributed by atoms with Crippen LogP contribution in [0.1, 0.15) is 13.8 Å². The zero-order valence-corrected chi connectivity index (χ0v) is 5.93. The van der Waals surface area contributed by atoms with Crippen LogP contribution < -0.4 is 0 Å². The number of ether oxygens (including phenoxy) is 2. The molecule has 1 fully saturated rings. The fraction of sp³-hybridized carbons (Fsp3) is 1.00.